The van der Waals surface area contributed by atoms with Gasteiger partial charge in [-0.25, -0.2) is 0 Å². The van der Waals surface area contributed by atoms with Crippen molar-refractivity contribution >= 4 is 28.5 Å². The summed E-state index contributed by atoms with van der Waals surface area (Å²) in [6, 6.07) is 7.91. The molecule has 0 spiro atoms. The van der Waals surface area contributed by atoms with Gasteiger partial charge in [-0.3, -0.25) is 4.79 Å². The smallest absolute Gasteiger partial charge is 0.251 e. The Morgan fingerprint density at radius 1 is 1.17 bits per heavy atom. The summed E-state index contributed by atoms with van der Waals surface area (Å²) in [5.74, 6) is 0.771. The number of carbonyl (C=O) groups excluding carboxylic acids is 1. The van der Waals surface area contributed by atoms with Crippen LogP contribution >= 0.6 is 22.6 Å². The lowest BCUT2D eigenvalue weighted by Gasteiger charge is -2.14. The second-order valence-corrected chi connectivity index (χ2v) is 6.45. The lowest BCUT2D eigenvalue weighted by atomic mass is 10.0. The molecule has 1 N–H and O–H groups in total. The van der Waals surface area contributed by atoms with Gasteiger partial charge in [-0.05, 0) is 66.1 Å². The number of rotatable bonds is 6. The van der Waals surface area contributed by atoms with Gasteiger partial charge in [0, 0.05) is 15.2 Å². The molecule has 0 aliphatic carbocycles. The molecule has 1 aromatic carbocycles. The van der Waals surface area contributed by atoms with E-state index in [1.54, 1.807) is 0 Å². The fourth-order valence-electron chi connectivity index (χ4n) is 1.81. The molecule has 0 saturated heterocycles. The van der Waals surface area contributed by atoms with Crippen LogP contribution < -0.4 is 5.32 Å². The average Bonchev–Trinajstić information content (AvgIpc) is 2.29. The largest absolute Gasteiger partial charge is 0.350 e. The summed E-state index contributed by atoms with van der Waals surface area (Å²) in [6.07, 6.45) is 3.45. The molecule has 18 heavy (non-hydrogen) atoms. The Balaban J connectivity index is 2.37. The van der Waals surface area contributed by atoms with E-state index in [-0.39, 0.29) is 11.9 Å². The first-order chi connectivity index (χ1) is 8.49. The molecule has 2 nitrogen and oxygen atoms in total. The molecule has 0 aliphatic rings. The number of hydrogen-bond donors (Lipinski definition) is 1. The van der Waals surface area contributed by atoms with Gasteiger partial charge in [-0.15, -0.1) is 0 Å². The van der Waals surface area contributed by atoms with Crippen LogP contribution in [-0.4, -0.2) is 11.9 Å². The third kappa shape index (κ3) is 5.85. The highest BCUT2D eigenvalue weighted by molar-refractivity contribution is 14.1. The van der Waals surface area contributed by atoms with Crippen molar-refractivity contribution in [2.75, 3.05) is 0 Å². The Bertz CT molecular complexity index is 373. The number of halogens is 1. The summed E-state index contributed by atoms with van der Waals surface area (Å²) in [4.78, 5) is 11.9. The fourth-order valence-corrected chi connectivity index (χ4v) is 2.17. The number of amides is 1. The third-order valence-electron chi connectivity index (χ3n) is 2.90. The van der Waals surface area contributed by atoms with E-state index < -0.39 is 0 Å². The highest BCUT2D eigenvalue weighted by atomic mass is 127. The van der Waals surface area contributed by atoms with Gasteiger partial charge in [0.05, 0.1) is 0 Å². The van der Waals surface area contributed by atoms with Gasteiger partial charge >= 0.3 is 0 Å². The van der Waals surface area contributed by atoms with Crippen molar-refractivity contribution in [1.29, 1.82) is 0 Å². The van der Waals surface area contributed by atoms with Crippen molar-refractivity contribution in [3.05, 3.63) is 33.4 Å². The zero-order valence-electron chi connectivity index (χ0n) is 11.4. The van der Waals surface area contributed by atoms with Gasteiger partial charge in [-0.1, -0.05) is 26.7 Å². The van der Waals surface area contributed by atoms with Gasteiger partial charge in [0.2, 0.25) is 0 Å². The van der Waals surface area contributed by atoms with Gasteiger partial charge in [0.15, 0.2) is 0 Å². The van der Waals surface area contributed by atoms with Crippen LogP contribution in [0.15, 0.2) is 24.3 Å². The molecular weight excluding hydrogens is 337 g/mol. The first-order valence-corrected chi connectivity index (χ1v) is 7.63. The molecule has 1 rings (SSSR count). The molecule has 1 aromatic rings. The maximum absolute atomic E-state index is 11.9. The Morgan fingerprint density at radius 3 is 2.33 bits per heavy atom. The SMILES string of the molecule is CC(C)CCCC(C)NC(=O)c1ccc(I)cc1. The van der Waals surface area contributed by atoms with Crippen molar-refractivity contribution in [3.63, 3.8) is 0 Å². The van der Waals surface area contributed by atoms with E-state index in [9.17, 15) is 4.79 Å². The molecule has 0 bridgehead atoms. The number of nitrogens with one attached hydrogen (secondary N) is 1. The first-order valence-electron chi connectivity index (χ1n) is 6.55. The molecule has 1 atom stereocenters. The van der Waals surface area contributed by atoms with Crippen LogP contribution in [0.25, 0.3) is 0 Å². The normalized spacial score (nSPS) is 12.5. The Labute approximate surface area is 124 Å². The third-order valence-corrected chi connectivity index (χ3v) is 3.62. The van der Waals surface area contributed by atoms with Crippen LogP contribution in [0.5, 0.6) is 0 Å². The summed E-state index contributed by atoms with van der Waals surface area (Å²) in [7, 11) is 0. The predicted octanol–water partition coefficient (Wildman–Crippen LogP) is 4.24. The molecule has 0 aliphatic heterocycles. The number of benzene rings is 1. The zero-order valence-corrected chi connectivity index (χ0v) is 13.5. The van der Waals surface area contributed by atoms with Crippen molar-refractivity contribution in [2.24, 2.45) is 5.92 Å². The fraction of sp³-hybridized carbons (Fsp3) is 0.533. The van der Waals surface area contributed by atoms with E-state index in [1.165, 1.54) is 12.8 Å². The molecular formula is C15H22INO. The summed E-state index contributed by atoms with van der Waals surface area (Å²) < 4.78 is 1.15. The van der Waals surface area contributed by atoms with Gasteiger partial charge in [0.25, 0.3) is 5.91 Å². The molecule has 0 saturated carbocycles. The molecule has 1 amide bonds. The molecule has 100 valence electrons. The van der Waals surface area contributed by atoms with E-state index >= 15 is 0 Å². The van der Waals surface area contributed by atoms with E-state index in [1.807, 2.05) is 24.3 Å². The Morgan fingerprint density at radius 2 is 1.78 bits per heavy atom. The highest BCUT2D eigenvalue weighted by Crippen LogP contribution is 2.10. The van der Waals surface area contributed by atoms with Crippen LogP contribution in [0.3, 0.4) is 0 Å². The van der Waals surface area contributed by atoms with Crippen molar-refractivity contribution in [2.45, 2.75) is 46.1 Å². The minimum Gasteiger partial charge on any atom is -0.350 e. The minimum absolute atomic E-state index is 0.0310. The summed E-state index contributed by atoms with van der Waals surface area (Å²) in [5.41, 5.74) is 0.742. The quantitative estimate of drug-likeness (QED) is 0.757. The van der Waals surface area contributed by atoms with Crippen LogP contribution in [0.2, 0.25) is 0 Å². The summed E-state index contributed by atoms with van der Waals surface area (Å²) in [6.45, 7) is 6.54. The summed E-state index contributed by atoms with van der Waals surface area (Å²) >= 11 is 2.24. The molecule has 0 heterocycles. The molecule has 3 heteroatoms. The monoisotopic (exact) mass is 359 g/mol. The van der Waals surface area contributed by atoms with E-state index in [2.05, 4.69) is 48.7 Å². The van der Waals surface area contributed by atoms with Gasteiger partial charge < -0.3 is 5.32 Å². The van der Waals surface area contributed by atoms with E-state index in [4.69, 9.17) is 0 Å². The van der Waals surface area contributed by atoms with Crippen LogP contribution in [0.4, 0.5) is 0 Å². The molecule has 0 aromatic heterocycles. The maximum atomic E-state index is 11.9. The van der Waals surface area contributed by atoms with Crippen LogP contribution in [0, 0.1) is 9.49 Å². The van der Waals surface area contributed by atoms with Crippen molar-refractivity contribution < 1.29 is 4.79 Å². The Hall–Kier alpha value is -0.580. The topological polar surface area (TPSA) is 29.1 Å². The second-order valence-electron chi connectivity index (χ2n) is 5.21. The average molecular weight is 359 g/mol. The maximum Gasteiger partial charge on any atom is 0.251 e. The molecule has 0 radical (unpaired) electrons. The second kappa shape index (κ2) is 7.77. The lowest BCUT2D eigenvalue weighted by molar-refractivity contribution is 0.0938. The van der Waals surface area contributed by atoms with E-state index in [0.717, 1.165) is 21.5 Å². The zero-order chi connectivity index (χ0) is 13.5. The Kier molecular flexibility index (Phi) is 6.68. The van der Waals surface area contributed by atoms with Crippen LogP contribution in [0.1, 0.15) is 50.4 Å². The first kappa shape index (κ1) is 15.5. The number of hydrogen-bond acceptors (Lipinski definition) is 1. The lowest BCUT2D eigenvalue weighted by Crippen LogP contribution is -2.32. The number of carbonyl (C=O) groups is 1. The minimum atomic E-state index is 0.0310. The summed E-state index contributed by atoms with van der Waals surface area (Å²) in [5, 5.41) is 3.05. The van der Waals surface area contributed by atoms with Gasteiger partial charge in [0.1, 0.15) is 0 Å². The predicted molar refractivity (Wildman–Crippen MR) is 84.8 cm³/mol. The standard InChI is InChI=1S/C15H22INO/c1-11(2)5-4-6-12(3)17-15(18)13-7-9-14(16)10-8-13/h7-12H,4-6H2,1-3H3,(H,17,18). The van der Waals surface area contributed by atoms with Crippen molar-refractivity contribution in [1.82, 2.24) is 5.32 Å². The van der Waals surface area contributed by atoms with Crippen molar-refractivity contribution in [3.8, 4) is 0 Å². The molecule has 1 unspecified atom stereocenters. The highest BCUT2D eigenvalue weighted by Gasteiger charge is 2.09. The van der Waals surface area contributed by atoms with Crippen LogP contribution in [-0.2, 0) is 0 Å². The van der Waals surface area contributed by atoms with Gasteiger partial charge in [-0.2, -0.15) is 0 Å². The van der Waals surface area contributed by atoms with E-state index in [0.29, 0.717) is 0 Å². The molecule has 0 fully saturated rings.